The molecule has 0 aliphatic rings. The van der Waals surface area contributed by atoms with Crippen molar-refractivity contribution in [3.05, 3.63) is 194 Å². The first kappa shape index (κ1) is 32.3. The highest BCUT2D eigenvalue weighted by molar-refractivity contribution is 6.24. The van der Waals surface area contributed by atoms with Crippen LogP contribution in [0.3, 0.4) is 0 Å². The van der Waals surface area contributed by atoms with Gasteiger partial charge in [0.05, 0.1) is 27.6 Å². The van der Waals surface area contributed by atoms with Gasteiger partial charge in [-0.3, -0.25) is 8.97 Å². The highest BCUT2D eigenvalue weighted by atomic mass is 15.2. The van der Waals surface area contributed by atoms with Gasteiger partial charge in [-0.25, -0.2) is 9.97 Å². The van der Waals surface area contributed by atoms with Crippen LogP contribution >= 0.6 is 0 Å². The van der Waals surface area contributed by atoms with Gasteiger partial charge in [0, 0.05) is 32.7 Å². The van der Waals surface area contributed by atoms with E-state index < -0.39 is 0 Å². The molecule has 6 nitrogen and oxygen atoms in total. The summed E-state index contributed by atoms with van der Waals surface area (Å²) in [6, 6.07) is 67.9. The first-order chi connectivity index (χ1) is 28.8. The van der Waals surface area contributed by atoms with Crippen molar-refractivity contribution in [2.45, 2.75) is 0 Å². The molecular weight excluding hydrogens is 709 g/mol. The third-order valence-corrected chi connectivity index (χ3v) is 11.3. The lowest BCUT2D eigenvalue weighted by Crippen LogP contribution is -2.07. The summed E-state index contributed by atoms with van der Waals surface area (Å²) in [5, 5.41) is 5.60. The Morgan fingerprint density at radius 1 is 0.310 bits per heavy atom. The zero-order valence-corrected chi connectivity index (χ0v) is 31.2. The van der Waals surface area contributed by atoms with E-state index in [-0.39, 0.29) is 0 Å². The van der Waals surface area contributed by atoms with E-state index in [0.717, 1.165) is 93.5 Å². The third-order valence-electron chi connectivity index (χ3n) is 11.3. The SMILES string of the molecule is c1ccc(-c2cccc(-c3nc(-c4cccc(-c5ccccc5)c4)nc(-n4c5ccccc5c5ccc6c7ccccc7c7nc8ccccc8n7c6c54)n3)c2)cc1. The Morgan fingerprint density at radius 2 is 0.810 bits per heavy atom. The molecule has 4 heterocycles. The van der Waals surface area contributed by atoms with Gasteiger partial charge in [0.25, 0.3) is 0 Å². The van der Waals surface area contributed by atoms with Crippen LogP contribution in [0.4, 0.5) is 0 Å². The number of pyridine rings is 1. The fraction of sp³-hybridized carbons (Fsp3) is 0. The molecule has 270 valence electrons. The van der Waals surface area contributed by atoms with Crippen molar-refractivity contribution >= 4 is 60.2 Å². The molecule has 0 unspecified atom stereocenters. The number of aromatic nitrogens is 6. The molecule has 4 aromatic heterocycles. The van der Waals surface area contributed by atoms with Crippen molar-refractivity contribution in [1.82, 2.24) is 28.9 Å². The van der Waals surface area contributed by atoms with Gasteiger partial charge in [0.15, 0.2) is 11.6 Å². The summed E-state index contributed by atoms with van der Waals surface area (Å²) < 4.78 is 4.58. The van der Waals surface area contributed by atoms with Crippen LogP contribution in [-0.2, 0) is 0 Å². The van der Waals surface area contributed by atoms with Gasteiger partial charge < -0.3 is 0 Å². The number of hydrogen-bond donors (Lipinski definition) is 0. The molecule has 0 saturated carbocycles. The van der Waals surface area contributed by atoms with Gasteiger partial charge in [0.2, 0.25) is 5.95 Å². The Labute approximate surface area is 333 Å². The molecule has 0 bridgehead atoms. The van der Waals surface area contributed by atoms with Gasteiger partial charge in [-0.05, 0) is 58.0 Å². The number of para-hydroxylation sites is 3. The maximum absolute atomic E-state index is 5.40. The molecule has 0 aliphatic carbocycles. The van der Waals surface area contributed by atoms with E-state index in [0.29, 0.717) is 17.6 Å². The van der Waals surface area contributed by atoms with Crippen LogP contribution in [-0.4, -0.2) is 28.9 Å². The molecule has 0 saturated heterocycles. The molecule has 8 aromatic carbocycles. The molecule has 0 radical (unpaired) electrons. The minimum absolute atomic E-state index is 0.541. The van der Waals surface area contributed by atoms with E-state index in [9.17, 15) is 0 Å². The molecule has 58 heavy (non-hydrogen) atoms. The van der Waals surface area contributed by atoms with E-state index in [1.54, 1.807) is 0 Å². The molecule has 0 atom stereocenters. The van der Waals surface area contributed by atoms with Crippen molar-refractivity contribution in [3.8, 4) is 51.0 Å². The summed E-state index contributed by atoms with van der Waals surface area (Å²) in [5.74, 6) is 1.73. The van der Waals surface area contributed by atoms with Crippen LogP contribution in [0, 0.1) is 0 Å². The minimum Gasteiger partial charge on any atom is -0.290 e. The van der Waals surface area contributed by atoms with Crippen LogP contribution in [0.15, 0.2) is 194 Å². The molecule has 0 N–H and O–H groups in total. The maximum atomic E-state index is 5.40. The van der Waals surface area contributed by atoms with E-state index in [1.165, 1.54) is 0 Å². The normalized spacial score (nSPS) is 11.8. The lowest BCUT2D eigenvalue weighted by molar-refractivity contribution is 0.954. The zero-order valence-electron chi connectivity index (χ0n) is 31.2. The second-order valence-electron chi connectivity index (χ2n) is 14.7. The number of fused-ring (bicyclic) bond motifs is 12. The van der Waals surface area contributed by atoms with Gasteiger partial charge in [-0.2, -0.15) is 9.97 Å². The average molecular weight is 741 g/mol. The number of rotatable bonds is 5. The first-order valence-electron chi connectivity index (χ1n) is 19.5. The second-order valence-corrected chi connectivity index (χ2v) is 14.7. The van der Waals surface area contributed by atoms with Crippen LogP contribution in [0.5, 0.6) is 0 Å². The summed E-state index contributed by atoms with van der Waals surface area (Å²) >= 11 is 0. The number of nitrogens with zero attached hydrogens (tertiary/aromatic N) is 6. The Hall–Kier alpha value is -7.96. The fourth-order valence-electron chi connectivity index (χ4n) is 8.70. The Kier molecular flexibility index (Phi) is 7.13. The van der Waals surface area contributed by atoms with Gasteiger partial charge >= 0.3 is 0 Å². The first-order valence-corrected chi connectivity index (χ1v) is 19.5. The standard InChI is InChI=1S/C52H32N6/c1-3-15-33(16-4-1)35-19-13-21-37(31-35)49-54-50(38-22-14-20-36(32-38)34-17-5-2-6-18-34)56-52(55-49)58-45-27-11-9-24-40(45)42-30-29-41-39-23-7-8-25-43(39)51-53-44-26-10-12-28-46(44)57(51)47(41)48(42)58/h1-32H. The smallest absolute Gasteiger partial charge is 0.238 e. The fourth-order valence-corrected chi connectivity index (χ4v) is 8.70. The quantitative estimate of drug-likeness (QED) is 0.165. The van der Waals surface area contributed by atoms with E-state index in [1.807, 2.05) is 12.1 Å². The molecule has 0 amide bonds. The van der Waals surface area contributed by atoms with Crippen LogP contribution in [0.25, 0.3) is 111 Å². The molecule has 0 spiro atoms. The molecule has 0 fully saturated rings. The lowest BCUT2D eigenvalue weighted by atomic mass is 10.0. The largest absolute Gasteiger partial charge is 0.290 e. The van der Waals surface area contributed by atoms with E-state index in [4.69, 9.17) is 19.9 Å². The minimum atomic E-state index is 0.541. The summed E-state index contributed by atoms with van der Waals surface area (Å²) in [4.78, 5) is 21.3. The molecule has 6 heteroatoms. The molecule has 12 rings (SSSR count). The number of benzene rings is 8. The third kappa shape index (κ3) is 4.98. The molecular formula is C52H32N6. The summed E-state index contributed by atoms with van der Waals surface area (Å²) in [5.41, 5.74) is 12.2. The maximum Gasteiger partial charge on any atom is 0.238 e. The van der Waals surface area contributed by atoms with Crippen molar-refractivity contribution in [1.29, 1.82) is 0 Å². The zero-order chi connectivity index (χ0) is 38.2. The van der Waals surface area contributed by atoms with Crippen molar-refractivity contribution in [3.63, 3.8) is 0 Å². The van der Waals surface area contributed by atoms with E-state index >= 15 is 0 Å². The predicted octanol–water partition coefficient (Wildman–Crippen LogP) is 12.7. The van der Waals surface area contributed by atoms with Crippen LogP contribution < -0.4 is 0 Å². The molecule has 12 aromatic rings. The Morgan fingerprint density at radius 3 is 1.47 bits per heavy atom. The predicted molar refractivity (Wildman–Crippen MR) is 237 cm³/mol. The van der Waals surface area contributed by atoms with Crippen LogP contribution in [0.1, 0.15) is 0 Å². The Balaban J connectivity index is 1.21. The summed E-state index contributed by atoms with van der Waals surface area (Å²) in [7, 11) is 0. The van der Waals surface area contributed by atoms with Gasteiger partial charge in [0.1, 0.15) is 5.65 Å². The average Bonchev–Trinajstić information content (AvgIpc) is 3.86. The van der Waals surface area contributed by atoms with Crippen molar-refractivity contribution in [2.75, 3.05) is 0 Å². The highest BCUT2D eigenvalue weighted by Crippen LogP contribution is 2.41. The highest BCUT2D eigenvalue weighted by Gasteiger charge is 2.23. The van der Waals surface area contributed by atoms with Gasteiger partial charge in [-0.15, -0.1) is 0 Å². The van der Waals surface area contributed by atoms with Crippen LogP contribution in [0.2, 0.25) is 0 Å². The number of imidazole rings is 1. The lowest BCUT2D eigenvalue weighted by Gasteiger charge is -2.14. The van der Waals surface area contributed by atoms with E-state index in [2.05, 4.69) is 191 Å². The Bertz CT molecular complexity index is 3470. The second kappa shape index (κ2) is 12.8. The van der Waals surface area contributed by atoms with Crippen molar-refractivity contribution < 1.29 is 0 Å². The number of hydrogen-bond acceptors (Lipinski definition) is 4. The van der Waals surface area contributed by atoms with Crippen molar-refractivity contribution in [2.24, 2.45) is 0 Å². The van der Waals surface area contributed by atoms with Gasteiger partial charge in [-0.1, -0.05) is 164 Å². The summed E-state index contributed by atoms with van der Waals surface area (Å²) in [6.45, 7) is 0. The monoisotopic (exact) mass is 740 g/mol. The summed E-state index contributed by atoms with van der Waals surface area (Å²) in [6.07, 6.45) is 0. The molecule has 0 aliphatic heterocycles. The topological polar surface area (TPSA) is 60.9 Å².